The van der Waals surface area contributed by atoms with Gasteiger partial charge in [-0.2, -0.15) is 0 Å². The zero-order valence-corrected chi connectivity index (χ0v) is 12.8. The van der Waals surface area contributed by atoms with E-state index in [0.717, 1.165) is 12.0 Å². The van der Waals surface area contributed by atoms with Gasteiger partial charge in [-0.1, -0.05) is 30.3 Å². The van der Waals surface area contributed by atoms with Gasteiger partial charge < -0.3 is 10.1 Å². The van der Waals surface area contributed by atoms with Gasteiger partial charge in [0.1, 0.15) is 0 Å². The smallest absolute Gasteiger partial charge is 0.309 e. The molecule has 5 nitrogen and oxygen atoms in total. The summed E-state index contributed by atoms with van der Waals surface area (Å²) in [6, 6.07) is 12.9. The molecular formula is C18H18N2O3. The molecule has 3 atom stereocenters. The standard InChI is InChI=1S/C18H18N2O3/c1-23-18(22)15-10-14(15)16(12-6-3-2-4-7-12)20-17(21)13-8-5-9-19-11-13/h2-9,11,14-16H,10H2,1H3,(H,20,21)/t14-,15+,16-/m1/s1. The third-order valence-corrected chi connectivity index (χ3v) is 4.14. The molecule has 0 spiro atoms. The number of carbonyl (C=O) groups is 2. The van der Waals surface area contributed by atoms with Gasteiger partial charge in [-0.05, 0) is 30.0 Å². The summed E-state index contributed by atoms with van der Waals surface area (Å²) in [4.78, 5) is 28.1. The Morgan fingerprint density at radius 1 is 1.22 bits per heavy atom. The highest BCUT2D eigenvalue weighted by Crippen LogP contribution is 2.48. The van der Waals surface area contributed by atoms with Crippen LogP contribution in [0.1, 0.15) is 28.4 Å². The molecule has 1 N–H and O–H groups in total. The molecule has 3 rings (SSSR count). The zero-order valence-electron chi connectivity index (χ0n) is 12.8. The number of methoxy groups -OCH3 is 1. The molecule has 1 aliphatic rings. The summed E-state index contributed by atoms with van der Waals surface area (Å²) in [5.41, 5.74) is 1.49. The van der Waals surface area contributed by atoms with E-state index in [4.69, 9.17) is 4.74 Å². The van der Waals surface area contributed by atoms with E-state index in [2.05, 4.69) is 10.3 Å². The third-order valence-electron chi connectivity index (χ3n) is 4.14. The molecule has 1 aliphatic carbocycles. The van der Waals surface area contributed by atoms with Crippen molar-refractivity contribution in [3.63, 3.8) is 0 Å². The van der Waals surface area contributed by atoms with Crippen molar-refractivity contribution < 1.29 is 14.3 Å². The molecule has 118 valence electrons. The number of amides is 1. The number of carbonyl (C=O) groups excluding carboxylic acids is 2. The highest BCUT2D eigenvalue weighted by Gasteiger charge is 2.49. The number of esters is 1. The van der Waals surface area contributed by atoms with Crippen molar-refractivity contribution in [3.8, 4) is 0 Å². The van der Waals surface area contributed by atoms with E-state index in [0.29, 0.717) is 5.56 Å². The Morgan fingerprint density at radius 3 is 2.65 bits per heavy atom. The molecule has 0 aliphatic heterocycles. The van der Waals surface area contributed by atoms with Crippen LogP contribution in [0.25, 0.3) is 0 Å². The first kappa shape index (κ1) is 15.2. The molecule has 1 heterocycles. The lowest BCUT2D eigenvalue weighted by Gasteiger charge is -2.19. The summed E-state index contributed by atoms with van der Waals surface area (Å²) >= 11 is 0. The maximum atomic E-state index is 12.4. The fourth-order valence-corrected chi connectivity index (χ4v) is 2.83. The number of ether oxygens (including phenoxy) is 1. The fraction of sp³-hybridized carbons (Fsp3) is 0.278. The number of nitrogens with one attached hydrogen (secondary N) is 1. The Bertz CT molecular complexity index is 688. The van der Waals surface area contributed by atoms with E-state index < -0.39 is 0 Å². The largest absolute Gasteiger partial charge is 0.469 e. The lowest BCUT2D eigenvalue weighted by atomic mass is 10.0. The van der Waals surface area contributed by atoms with Gasteiger partial charge in [0.05, 0.1) is 24.6 Å². The van der Waals surface area contributed by atoms with E-state index in [1.165, 1.54) is 13.3 Å². The van der Waals surface area contributed by atoms with E-state index in [1.807, 2.05) is 30.3 Å². The molecule has 1 aromatic carbocycles. The normalized spacial score (nSPS) is 20.4. The number of hydrogen-bond donors (Lipinski definition) is 1. The molecule has 0 saturated heterocycles. The molecule has 0 bridgehead atoms. The van der Waals surface area contributed by atoms with Crippen LogP contribution in [0.2, 0.25) is 0 Å². The van der Waals surface area contributed by atoms with Crippen LogP contribution in [0.4, 0.5) is 0 Å². The van der Waals surface area contributed by atoms with E-state index in [-0.39, 0.29) is 29.8 Å². The van der Waals surface area contributed by atoms with Gasteiger partial charge in [0.15, 0.2) is 0 Å². The quantitative estimate of drug-likeness (QED) is 0.861. The molecule has 0 unspecified atom stereocenters. The third kappa shape index (κ3) is 3.39. The number of hydrogen-bond acceptors (Lipinski definition) is 4. The van der Waals surface area contributed by atoms with E-state index in [9.17, 15) is 9.59 Å². The Labute approximate surface area is 134 Å². The maximum Gasteiger partial charge on any atom is 0.309 e. The molecule has 2 aromatic rings. The van der Waals surface area contributed by atoms with Crippen LogP contribution < -0.4 is 5.32 Å². The summed E-state index contributed by atoms with van der Waals surface area (Å²) in [5.74, 6) is -0.501. The van der Waals surface area contributed by atoms with Gasteiger partial charge in [0, 0.05) is 12.4 Å². The SMILES string of the molecule is COC(=O)[C@H]1C[C@H]1[C@H](NC(=O)c1cccnc1)c1ccccc1. The summed E-state index contributed by atoms with van der Waals surface area (Å²) < 4.78 is 4.82. The number of benzene rings is 1. The average Bonchev–Trinajstić information content (AvgIpc) is 3.40. The van der Waals surface area contributed by atoms with Gasteiger partial charge in [-0.3, -0.25) is 14.6 Å². The monoisotopic (exact) mass is 310 g/mol. The van der Waals surface area contributed by atoms with Crippen LogP contribution in [0.3, 0.4) is 0 Å². The van der Waals surface area contributed by atoms with Crippen LogP contribution in [-0.4, -0.2) is 24.0 Å². The van der Waals surface area contributed by atoms with Crippen molar-refractivity contribution in [1.29, 1.82) is 0 Å². The molecule has 23 heavy (non-hydrogen) atoms. The number of aromatic nitrogens is 1. The number of nitrogens with zero attached hydrogens (tertiary/aromatic N) is 1. The van der Waals surface area contributed by atoms with Gasteiger partial charge in [0.25, 0.3) is 5.91 Å². The van der Waals surface area contributed by atoms with Gasteiger partial charge >= 0.3 is 5.97 Å². The Hall–Kier alpha value is -2.69. The minimum absolute atomic E-state index is 0.0606. The molecule has 1 saturated carbocycles. The van der Waals surface area contributed by atoms with Gasteiger partial charge in [-0.25, -0.2) is 0 Å². The first-order chi connectivity index (χ1) is 11.2. The first-order valence-electron chi connectivity index (χ1n) is 7.54. The van der Waals surface area contributed by atoms with Crippen LogP contribution in [0.15, 0.2) is 54.9 Å². The van der Waals surface area contributed by atoms with E-state index >= 15 is 0 Å². The second-order valence-electron chi connectivity index (χ2n) is 5.63. The van der Waals surface area contributed by atoms with Gasteiger partial charge in [0.2, 0.25) is 0 Å². The second-order valence-corrected chi connectivity index (χ2v) is 5.63. The first-order valence-corrected chi connectivity index (χ1v) is 7.54. The molecular weight excluding hydrogens is 292 g/mol. The number of pyridine rings is 1. The van der Waals surface area contributed by atoms with Crippen LogP contribution >= 0.6 is 0 Å². The van der Waals surface area contributed by atoms with Crippen LogP contribution in [0.5, 0.6) is 0 Å². The highest BCUT2D eigenvalue weighted by atomic mass is 16.5. The predicted octanol–water partition coefficient (Wildman–Crippen LogP) is 2.36. The van der Waals surface area contributed by atoms with Crippen molar-refractivity contribution >= 4 is 11.9 Å². The fourth-order valence-electron chi connectivity index (χ4n) is 2.83. The molecule has 5 heteroatoms. The molecule has 0 radical (unpaired) electrons. The minimum Gasteiger partial charge on any atom is -0.469 e. The molecule has 1 fully saturated rings. The summed E-state index contributed by atoms with van der Waals surface area (Å²) in [5, 5.41) is 3.03. The van der Waals surface area contributed by atoms with Crippen molar-refractivity contribution in [1.82, 2.24) is 10.3 Å². The highest BCUT2D eigenvalue weighted by molar-refractivity contribution is 5.94. The van der Waals surface area contributed by atoms with Crippen LogP contribution in [0, 0.1) is 11.8 Å². The maximum absolute atomic E-state index is 12.4. The van der Waals surface area contributed by atoms with Crippen molar-refractivity contribution in [2.75, 3.05) is 7.11 Å². The minimum atomic E-state index is -0.216. The topological polar surface area (TPSA) is 68.3 Å². The van der Waals surface area contributed by atoms with E-state index in [1.54, 1.807) is 18.3 Å². The predicted molar refractivity (Wildman–Crippen MR) is 84.5 cm³/mol. The lowest BCUT2D eigenvalue weighted by Crippen LogP contribution is -2.31. The van der Waals surface area contributed by atoms with Crippen molar-refractivity contribution in [3.05, 3.63) is 66.0 Å². The van der Waals surface area contributed by atoms with Crippen LogP contribution in [-0.2, 0) is 9.53 Å². The summed E-state index contributed by atoms with van der Waals surface area (Å²) in [6.07, 6.45) is 3.88. The van der Waals surface area contributed by atoms with Crippen molar-refractivity contribution in [2.45, 2.75) is 12.5 Å². The average molecular weight is 310 g/mol. The molecule has 1 amide bonds. The number of rotatable bonds is 5. The zero-order chi connectivity index (χ0) is 16.2. The Balaban J connectivity index is 1.80. The Kier molecular flexibility index (Phi) is 4.37. The lowest BCUT2D eigenvalue weighted by molar-refractivity contribution is -0.142. The summed E-state index contributed by atoms with van der Waals surface area (Å²) in [7, 11) is 1.39. The summed E-state index contributed by atoms with van der Waals surface area (Å²) in [6.45, 7) is 0. The molecule has 1 aromatic heterocycles. The van der Waals surface area contributed by atoms with Crippen molar-refractivity contribution in [2.24, 2.45) is 11.8 Å². The van der Waals surface area contributed by atoms with Gasteiger partial charge in [-0.15, -0.1) is 0 Å². The second kappa shape index (κ2) is 6.60. The Morgan fingerprint density at radius 2 is 2.00 bits per heavy atom.